The fourth-order valence-corrected chi connectivity index (χ4v) is 1.94. The van der Waals surface area contributed by atoms with Crippen molar-refractivity contribution in [2.45, 2.75) is 6.04 Å². The Morgan fingerprint density at radius 1 is 1.29 bits per heavy atom. The second-order valence-corrected chi connectivity index (χ2v) is 4.50. The lowest BCUT2D eigenvalue weighted by molar-refractivity contribution is 0.603. The van der Waals surface area contributed by atoms with Gasteiger partial charge in [-0.15, -0.1) is 0 Å². The fourth-order valence-electron chi connectivity index (χ4n) is 1.63. The van der Waals surface area contributed by atoms with Gasteiger partial charge in [0.15, 0.2) is 0 Å². The third-order valence-electron chi connectivity index (χ3n) is 2.47. The minimum Gasteiger partial charge on any atom is -0.275 e. The van der Waals surface area contributed by atoms with Gasteiger partial charge < -0.3 is 0 Å². The third kappa shape index (κ3) is 2.61. The van der Waals surface area contributed by atoms with Gasteiger partial charge in [-0.2, -0.15) is 5.10 Å². The molecule has 1 atom stereocenters. The second-order valence-electron chi connectivity index (χ2n) is 3.69. The maximum Gasteiger partial charge on any atom is 0.0900 e. The number of hydrogen-bond donors (Lipinski definition) is 2. The number of nitrogens with two attached hydrogens (primary N) is 1. The average Bonchev–Trinajstić information content (AvgIpc) is 2.71. The van der Waals surface area contributed by atoms with E-state index in [0.717, 1.165) is 11.3 Å². The number of aryl methyl sites for hydroxylation is 1. The van der Waals surface area contributed by atoms with Crippen LogP contribution in [0.25, 0.3) is 0 Å². The Morgan fingerprint density at radius 2 is 2.06 bits per heavy atom. The molecular formula is C11H12Cl2N4. The van der Waals surface area contributed by atoms with E-state index >= 15 is 0 Å². The highest BCUT2D eigenvalue weighted by molar-refractivity contribution is 6.42. The van der Waals surface area contributed by atoms with Crippen molar-refractivity contribution in [1.29, 1.82) is 0 Å². The summed E-state index contributed by atoms with van der Waals surface area (Å²) < 4.78 is 1.72. The molecule has 1 heterocycles. The summed E-state index contributed by atoms with van der Waals surface area (Å²) >= 11 is 11.9. The number of hydrogen-bond acceptors (Lipinski definition) is 3. The van der Waals surface area contributed by atoms with Crippen molar-refractivity contribution in [2.75, 3.05) is 0 Å². The minimum atomic E-state index is -0.203. The summed E-state index contributed by atoms with van der Waals surface area (Å²) in [5.74, 6) is 5.56. The largest absolute Gasteiger partial charge is 0.275 e. The normalized spacial score (nSPS) is 12.7. The van der Waals surface area contributed by atoms with E-state index in [-0.39, 0.29) is 6.04 Å². The van der Waals surface area contributed by atoms with Gasteiger partial charge in [-0.3, -0.25) is 10.5 Å². The summed E-state index contributed by atoms with van der Waals surface area (Å²) in [5.41, 5.74) is 4.46. The van der Waals surface area contributed by atoms with Crippen molar-refractivity contribution < 1.29 is 0 Å². The minimum absolute atomic E-state index is 0.203. The van der Waals surface area contributed by atoms with E-state index in [4.69, 9.17) is 29.0 Å². The predicted octanol–water partition coefficient (Wildman–Crippen LogP) is 2.28. The number of hydrazine groups is 1. The molecular weight excluding hydrogens is 259 g/mol. The predicted molar refractivity (Wildman–Crippen MR) is 68.8 cm³/mol. The molecule has 0 radical (unpaired) electrons. The lowest BCUT2D eigenvalue weighted by Gasteiger charge is -2.14. The Balaban J connectivity index is 2.38. The fraction of sp³-hybridized carbons (Fsp3) is 0.182. The monoisotopic (exact) mass is 270 g/mol. The first-order valence-electron chi connectivity index (χ1n) is 5.02. The van der Waals surface area contributed by atoms with Gasteiger partial charge in [-0.1, -0.05) is 29.3 Å². The number of nitrogens with zero attached hydrogens (tertiary/aromatic N) is 2. The van der Waals surface area contributed by atoms with E-state index < -0.39 is 0 Å². The van der Waals surface area contributed by atoms with E-state index in [0.29, 0.717) is 10.0 Å². The summed E-state index contributed by atoms with van der Waals surface area (Å²) in [6.45, 7) is 0. The van der Waals surface area contributed by atoms with Gasteiger partial charge in [-0.05, 0) is 23.8 Å². The number of rotatable bonds is 3. The molecule has 0 saturated heterocycles. The van der Waals surface area contributed by atoms with Gasteiger partial charge in [0.25, 0.3) is 0 Å². The first-order valence-corrected chi connectivity index (χ1v) is 5.78. The van der Waals surface area contributed by atoms with E-state index in [1.165, 1.54) is 0 Å². The van der Waals surface area contributed by atoms with Crippen LogP contribution in [-0.4, -0.2) is 9.78 Å². The van der Waals surface area contributed by atoms with Crippen molar-refractivity contribution in [2.24, 2.45) is 12.9 Å². The molecule has 0 aliphatic heterocycles. The maximum absolute atomic E-state index is 5.98. The van der Waals surface area contributed by atoms with Gasteiger partial charge in [0, 0.05) is 13.2 Å². The van der Waals surface area contributed by atoms with Crippen LogP contribution in [0.1, 0.15) is 17.3 Å². The molecule has 2 rings (SSSR count). The topological polar surface area (TPSA) is 55.9 Å². The molecule has 0 amide bonds. The molecule has 0 spiro atoms. The van der Waals surface area contributed by atoms with Crippen molar-refractivity contribution >= 4 is 23.2 Å². The van der Waals surface area contributed by atoms with Crippen molar-refractivity contribution in [3.05, 3.63) is 51.8 Å². The molecule has 2 aromatic rings. The van der Waals surface area contributed by atoms with E-state index in [2.05, 4.69) is 10.5 Å². The van der Waals surface area contributed by atoms with Crippen LogP contribution in [0, 0.1) is 0 Å². The summed E-state index contributed by atoms with van der Waals surface area (Å²) in [6.07, 6.45) is 1.86. The molecule has 1 aromatic heterocycles. The van der Waals surface area contributed by atoms with Gasteiger partial charge >= 0.3 is 0 Å². The van der Waals surface area contributed by atoms with Crippen LogP contribution < -0.4 is 11.3 Å². The van der Waals surface area contributed by atoms with Crippen molar-refractivity contribution in [3.63, 3.8) is 0 Å². The lowest BCUT2D eigenvalue weighted by Crippen LogP contribution is -2.29. The molecule has 3 N–H and O–H groups in total. The number of nitrogens with one attached hydrogen (secondary N) is 1. The zero-order valence-electron chi connectivity index (χ0n) is 9.19. The molecule has 1 aromatic carbocycles. The highest BCUT2D eigenvalue weighted by Crippen LogP contribution is 2.27. The van der Waals surface area contributed by atoms with Crippen molar-refractivity contribution in [1.82, 2.24) is 15.2 Å². The van der Waals surface area contributed by atoms with Crippen LogP contribution in [0.4, 0.5) is 0 Å². The van der Waals surface area contributed by atoms with Crippen LogP contribution in [-0.2, 0) is 7.05 Å². The van der Waals surface area contributed by atoms with Crippen LogP contribution in [0.2, 0.25) is 10.0 Å². The Kier molecular flexibility index (Phi) is 3.69. The summed E-state index contributed by atoms with van der Waals surface area (Å²) in [5, 5.41) is 5.33. The Bertz CT molecular complexity index is 524. The zero-order valence-corrected chi connectivity index (χ0v) is 10.7. The number of halogens is 2. The Labute approximate surface area is 109 Å². The average molecular weight is 271 g/mol. The Hall–Kier alpha value is -1.07. The molecule has 6 heteroatoms. The molecule has 90 valence electrons. The van der Waals surface area contributed by atoms with E-state index in [1.54, 1.807) is 16.8 Å². The molecule has 0 aliphatic carbocycles. The molecule has 0 bridgehead atoms. The number of benzene rings is 1. The second kappa shape index (κ2) is 5.06. The molecule has 17 heavy (non-hydrogen) atoms. The zero-order chi connectivity index (χ0) is 12.4. The highest BCUT2D eigenvalue weighted by Gasteiger charge is 2.15. The molecule has 1 unspecified atom stereocenters. The van der Waals surface area contributed by atoms with Gasteiger partial charge in [-0.25, -0.2) is 5.43 Å². The third-order valence-corrected chi connectivity index (χ3v) is 3.21. The molecule has 0 saturated carbocycles. The standard InChI is InChI=1S/C11H12Cl2N4/c1-17-5-4-10(16-17)11(15-14)7-2-3-8(12)9(13)6-7/h2-6,11,15H,14H2,1H3. The van der Waals surface area contributed by atoms with Crippen LogP contribution in [0.3, 0.4) is 0 Å². The lowest BCUT2D eigenvalue weighted by atomic mass is 10.0. The van der Waals surface area contributed by atoms with Gasteiger partial charge in [0.1, 0.15) is 0 Å². The summed E-state index contributed by atoms with van der Waals surface area (Å²) in [7, 11) is 1.85. The highest BCUT2D eigenvalue weighted by atomic mass is 35.5. The van der Waals surface area contributed by atoms with Crippen molar-refractivity contribution in [3.8, 4) is 0 Å². The maximum atomic E-state index is 5.98. The van der Waals surface area contributed by atoms with Gasteiger partial charge in [0.05, 0.1) is 21.8 Å². The van der Waals surface area contributed by atoms with Crippen LogP contribution in [0.5, 0.6) is 0 Å². The van der Waals surface area contributed by atoms with Gasteiger partial charge in [0.2, 0.25) is 0 Å². The molecule has 0 aliphatic rings. The number of aromatic nitrogens is 2. The summed E-state index contributed by atoms with van der Waals surface area (Å²) in [6, 6.07) is 7.08. The SMILES string of the molecule is Cn1ccc(C(NN)c2ccc(Cl)c(Cl)c2)n1. The Morgan fingerprint density at radius 3 is 2.59 bits per heavy atom. The van der Waals surface area contributed by atoms with Crippen LogP contribution in [0.15, 0.2) is 30.5 Å². The van der Waals surface area contributed by atoms with E-state index in [1.807, 2.05) is 25.4 Å². The first kappa shape index (κ1) is 12.4. The smallest absolute Gasteiger partial charge is 0.0900 e. The molecule has 0 fully saturated rings. The first-order chi connectivity index (χ1) is 8.11. The van der Waals surface area contributed by atoms with E-state index in [9.17, 15) is 0 Å². The quantitative estimate of drug-likeness (QED) is 0.665. The summed E-state index contributed by atoms with van der Waals surface area (Å²) in [4.78, 5) is 0. The van der Waals surface area contributed by atoms with Crippen LogP contribution >= 0.6 is 23.2 Å². The molecule has 4 nitrogen and oxygen atoms in total.